The van der Waals surface area contributed by atoms with E-state index < -0.39 is 6.10 Å². The van der Waals surface area contributed by atoms with E-state index in [4.69, 9.17) is 4.74 Å². The zero-order valence-corrected chi connectivity index (χ0v) is 13.4. The molecule has 2 aromatic rings. The summed E-state index contributed by atoms with van der Waals surface area (Å²) >= 11 is 0. The van der Waals surface area contributed by atoms with Crippen LogP contribution >= 0.6 is 0 Å². The second-order valence-electron chi connectivity index (χ2n) is 6.09. The van der Waals surface area contributed by atoms with Gasteiger partial charge in [-0.25, -0.2) is 0 Å². The zero-order chi connectivity index (χ0) is 16.4. The minimum Gasteiger partial charge on any atom is -0.457 e. The van der Waals surface area contributed by atoms with Crippen molar-refractivity contribution in [1.29, 1.82) is 0 Å². The first-order valence-corrected chi connectivity index (χ1v) is 7.84. The van der Waals surface area contributed by atoms with Gasteiger partial charge in [-0.1, -0.05) is 29.8 Å². The number of aryl methyl sites for hydroxylation is 1. The summed E-state index contributed by atoms with van der Waals surface area (Å²) in [4.78, 5) is 13.6. The lowest BCUT2D eigenvalue weighted by molar-refractivity contribution is -0.129. The number of carbonyl (C=O) groups is 1. The Kier molecular flexibility index (Phi) is 4.35. The Bertz CT molecular complexity index is 679. The largest absolute Gasteiger partial charge is 0.457 e. The number of rotatable bonds is 4. The monoisotopic (exact) mass is 311 g/mol. The molecule has 0 bridgehead atoms. The van der Waals surface area contributed by atoms with Crippen molar-refractivity contribution in [2.24, 2.45) is 0 Å². The number of hydrogen-bond acceptors (Lipinski definition) is 3. The summed E-state index contributed by atoms with van der Waals surface area (Å²) < 4.78 is 5.80. The summed E-state index contributed by atoms with van der Waals surface area (Å²) in [5, 5.41) is 9.76. The fraction of sp³-hybridized carbons (Fsp3) is 0.316. The third-order valence-electron chi connectivity index (χ3n) is 4.29. The lowest BCUT2D eigenvalue weighted by Gasteiger charge is -2.23. The van der Waals surface area contributed by atoms with Gasteiger partial charge in [-0.2, -0.15) is 0 Å². The Balaban J connectivity index is 1.65. The Hall–Kier alpha value is -2.33. The maximum absolute atomic E-state index is 11.9. The molecule has 0 unspecified atom stereocenters. The van der Waals surface area contributed by atoms with Crippen LogP contribution in [0.3, 0.4) is 0 Å². The molecule has 1 amide bonds. The first kappa shape index (κ1) is 15.6. The van der Waals surface area contributed by atoms with Gasteiger partial charge in [-0.3, -0.25) is 4.79 Å². The molecule has 1 heterocycles. The van der Waals surface area contributed by atoms with Crippen LogP contribution in [-0.4, -0.2) is 28.1 Å². The van der Waals surface area contributed by atoms with Crippen molar-refractivity contribution in [3.63, 3.8) is 0 Å². The molecule has 1 N–H and O–H groups in total. The van der Waals surface area contributed by atoms with E-state index in [1.54, 1.807) is 4.90 Å². The summed E-state index contributed by atoms with van der Waals surface area (Å²) in [7, 11) is 0. The molecule has 4 nitrogen and oxygen atoms in total. The van der Waals surface area contributed by atoms with Crippen LogP contribution in [0.15, 0.2) is 48.5 Å². The van der Waals surface area contributed by atoms with Gasteiger partial charge >= 0.3 is 0 Å². The average Bonchev–Trinajstić information content (AvgIpc) is 2.78. The number of aliphatic hydroxyl groups is 1. The van der Waals surface area contributed by atoms with Crippen molar-refractivity contribution < 1.29 is 14.6 Å². The van der Waals surface area contributed by atoms with Gasteiger partial charge in [0.15, 0.2) is 0 Å². The van der Waals surface area contributed by atoms with Crippen molar-refractivity contribution in [3.05, 3.63) is 59.7 Å². The smallest absolute Gasteiger partial charge is 0.225 e. The Labute approximate surface area is 136 Å². The number of likely N-dealkylation sites (tertiary alicyclic amines) is 1. The van der Waals surface area contributed by atoms with Crippen molar-refractivity contribution in [1.82, 2.24) is 4.90 Å². The summed E-state index contributed by atoms with van der Waals surface area (Å²) in [6.45, 7) is 4.43. The summed E-state index contributed by atoms with van der Waals surface area (Å²) in [6, 6.07) is 15.5. The summed E-state index contributed by atoms with van der Waals surface area (Å²) in [5.74, 6) is 1.57. The van der Waals surface area contributed by atoms with E-state index in [1.807, 2.05) is 62.4 Å². The third kappa shape index (κ3) is 3.54. The molecule has 3 rings (SSSR count). The highest BCUT2D eigenvalue weighted by molar-refractivity contribution is 5.79. The van der Waals surface area contributed by atoms with Crippen LogP contribution in [0.4, 0.5) is 0 Å². The average molecular weight is 311 g/mol. The highest BCUT2D eigenvalue weighted by Gasteiger charge is 2.35. The Morgan fingerprint density at radius 1 is 1.09 bits per heavy atom. The molecular weight excluding hydrogens is 290 g/mol. The van der Waals surface area contributed by atoms with Crippen LogP contribution in [0.5, 0.6) is 11.5 Å². The molecule has 120 valence electrons. The second-order valence-corrected chi connectivity index (χ2v) is 6.09. The highest BCUT2D eigenvalue weighted by atomic mass is 16.5. The van der Waals surface area contributed by atoms with Crippen molar-refractivity contribution >= 4 is 5.91 Å². The molecule has 1 aliphatic rings. The molecule has 0 spiro atoms. The van der Waals surface area contributed by atoms with Crippen LogP contribution in [0.2, 0.25) is 0 Å². The lowest BCUT2D eigenvalue weighted by atomic mass is 10.1. The zero-order valence-electron chi connectivity index (χ0n) is 13.4. The highest BCUT2D eigenvalue weighted by Crippen LogP contribution is 2.25. The number of ether oxygens (including phenoxy) is 1. The minimum absolute atomic E-state index is 0.00461. The van der Waals surface area contributed by atoms with Gasteiger partial charge in [-0.15, -0.1) is 0 Å². The van der Waals surface area contributed by atoms with Crippen LogP contribution in [0, 0.1) is 6.92 Å². The van der Waals surface area contributed by atoms with Crippen LogP contribution in [-0.2, 0) is 11.3 Å². The quantitative estimate of drug-likeness (QED) is 0.943. The SMILES string of the molecule is Cc1ccc(Oc2ccc(CN3C(=O)C[C@H](O)[C@@H]3C)cc2)cc1. The molecule has 0 saturated carbocycles. The van der Waals surface area contributed by atoms with Crippen LogP contribution in [0.25, 0.3) is 0 Å². The van der Waals surface area contributed by atoms with Crippen molar-refractivity contribution in [2.75, 3.05) is 0 Å². The van der Waals surface area contributed by atoms with Crippen LogP contribution in [0.1, 0.15) is 24.5 Å². The molecule has 0 aromatic heterocycles. The normalized spacial score (nSPS) is 20.8. The molecule has 1 fully saturated rings. The molecular formula is C19H21NO3. The molecule has 2 atom stereocenters. The van der Waals surface area contributed by atoms with Gasteiger partial charge in [0.05, 0.1) is 18.6 Å². The van der Waals surface area contributed by atoms with Gasteiger partial charge in [0, 0.05) is 6.54 Å². The maximum Gasteiger partial charge on any atom is 0.225 e. The van der Waals surface area contributed by atoms with E-state index in [1.165, 1.54) is 5.56 Å². The Morgan fingerprint density at radius 2 is 1.65 bits per heavy atom. The minimum atomic E-state index is -0.563. The van der Waals surface area contributed by atoms with Gasteiger partial charge in [0.1, 0.15) is 11.5 Å². The fourth-order valence-corrected chi connectivity index (χ4v) is 2.74. The number of carbonyl (C=O) groups excluding carboxylic acids is 1. The van der Waals surface area contributed by atoms with Gasteiger partial charge in [0.2, 0.25) is 5.91 Å². The predicted octanol–water partition coefficient (Wildman–Crippen LogP) is 3.27. The van der Waals surface area contributed by atoms with E-state index in [-0.39, 0.29) is 18.4 Å². The maximum atomic E-state index is 11.9. The van der Waals surface area contributed by atoms with E-state index in [0.29, 0.717) is 6.54 Å². The molecule has 0 radical (unpaired) electrons. The third-order valence-corrected chi connectivity index (χ3v) is 4.29. The molecule has 0 aliphatic carbocycles. The summed E-state index contributed by atoms with van der Waals surface area (Å²) in [6.07, 6.45) is -0.345. The van der Waals surface area contributed by atoms with Gasteiger partial charge in [0.25, 0.3) is 0 Å². The predicted molar refractivity (Wildman–Crippen MR) is 88.3 cm³/mol. The van der Waals surface area contributed by atoms with Gasteiger partial charge in [-0.05, 0) is 43.7 Å². The summed E-state index contributed by atoms with van der Waals surface area (Å²) in [5.41, 5.74) is 2.22. The number of amides is 1. The van der Waals surface area contributed by atoms with Gasteiger partial charge < -0.3 is 14.7 Å². The topological polar surface area (TPSA) is 49.8 Å². The molecule has 1 aliphatic heterocycles. The van der Waals surface area contributed by atoms with E-state index in [0.717, 1.165) is 17.1 Å². The molecule has 2 aromatic carbocycles. The lowest BCUT2D eigenvalue weighted by Crippen LogP contribution is -2.33. The number of hydrogen-bond donors (Lipinski definition) is 1. The molecule has 23 heavy (non-hydrogen) atoms. The number of aliphatic hydroxyl groups excluding tert-OH is 1. The second kappa shape index (κ2) is 6.42. The van der Waals surface area contributed by atoms with Crippen molar-refractivity contribution in [2.45, 2.75) is 39.0 Å². The fourth-order valence-electron chi connectivity index (χ4n) is 2.74. The molecule has 1 saturated heterocycles. The Morgan fingerprint density at radius 3 is 2.17 bits per heavy atom. The van der Waals surface area contributed by atoms with Crippen LogP contribution < -0.4 is 4.74 Å². The first-order valence-electron chi connectivity index (χ1n) is 7.84. The van der Waals surface area contributed by atoms with E-state index >= 15 is 0 Å². The number of benzene rings is 2. The first-order chi connectivity index (χ1) is 11.0. The van der Waals surface area contributed by atoms with E-state index in [2.05, 4.69) is 0 Å². The standard InChI is InChI=1S/C19H21NO3/c1-13-3-7-16(8-4-13)23-17-9-5-15(6-10-17)12-20-14(2)18(21)11-19(20)22/h3-10,14,18,21H,11-12H2,1-2H3/t14-,18-/m0/s1. The van der Waals surface area contributed by atoms with Crippen molar-refractivity contribution in [3.8, 4) is 11.5 Å². The number of nitrogens with zero attached hydrogens (tertiary/aromatic N) is 1. The van der Waals surface area contributed by atoms with E-state index in [9.17, 15) is 9.90 Å². The molecule has 4 heteroatoms.